The van der Waals surface area contributed by atoms with Gasteiger partial charge in [0.05, 0.1) is 0 Å². The van der Waals surface area contributed by atoms with Crippen LogP contribution in [-0.2, 0) is 11.2 Å². The van der Waals surface area contributed by atoms with Crippen molar-refractivity contribution in [3.8, 4) is 5.75 Å². The van der Waals surface area contributed by atoms with Gasteiger partial charge in [0.15, 0.2) is 0 Å². The average Bonchev–Trinajstić information content (AvgIpc) is 2.84. The Balaban J connectivity index is 2.08. The Morgan fingerprint density at radius 3 is 2.90 bits per heavy atom. The summed E-state index contributed by atoms with van der Waals surface area (Å²) in [7, 11) is 0. The second-order valence-electron chi connectivity index (χ2n) is 5.30. The number of carbonyl (C=O) groups is 1. The van der Waals surface area contributed by atoms with Crippen LogP contribution in [0.3, 0.4) is 0 Å². The topological polar surface area (TPSA) is 85.4 Å². The number of fused-ring (bicyclic) bond motifs is 1. The van der Waals surface area contributed by atoms with Crippen molar-refractivity contribution < 1.29 is 15.0 Å². The van der Waals surface area contributed by atoms with Gasteiger partial charge < -0.3 is 20.5 Å². The third-order valence-corrected chi connectivity index (χ3v) is 3.64. The minimum absolute atomic E-state index is 0.186. The largest absolute Gasteiger partial charge is 0.508 e. The van der Waals surface area contributed by atoms with Crippen molar-refractivity contribution in [3.05, 3.63) is 30.0 Å². The quantitative estimate of drug-likeness (QED) is 0.563. The van der Waals surface area contributed by atoms with Crippen LogP contribution >= 0.6 is 0 Å². The van der Waals surface area contributed by atoms with Gasteiger partial charge in [0.25, 0.3) is 0 Å². The van der Waals surface area contributed by atoms with Gasteiger partial charge in [-0.25, -0.2) is 0 Å². The molecule has 21 heavy (non-hydrogen) atoms. The lowest BCUT2D eigenvalue weighted by Crippen LogP contribution is -2.39. The van der Waals surface area contributed by atoms with Crippen LogP contribution in [0, 0.1) is 0 Å². The highest BCUT2D eigenvalue weighted by Crippen LogP contribution is 2.23. The molecule has 0 fully saturated rings. The van der Waals surface area contributed by atoms with Crippen LogP contribution in [0.25, 0.3) is 10.9 Å². The molecule has 1 heterocycles. The standard InChI is InChI=1S/C16H22N2O3/c1-2-3-4-7-17-15(16(20)21)8-11-10-18-14-6-5-12(19)9-13(11)14/h5-6,9-10,15,17-19H,2-4,7-8H2,1H3,(H,20,21)/t15-/m0/s1. The van der Waals surface area contributed by atoms with Crippen LogP contribution in [0.1, 0.15) is 31.7 Å². The monoisotopic (exact) mass is 290 g/mol. The van der Waals surface area contributed by atoms with Crippen LogP contribution in [0.2, 0.25) is 0 Å². The highest BCUT2D eigenvalue weighted by atomic mass is 16.4. The van der Waals surface area contributed by atoms with Crippen LogP contribution in [0.5, 0.6) is 5.75 Å². The van der Waals surface area contributed by atoms with Crippen LogP contribution in [0.15, 0.2) is 24.4 Å². The summed E-state index contributed by atoms with van der Waals surface area (Å²) >= 11 is 0. The molecule has 0 amide bonds. The van der Waals surface area contributed by atoms with Gasteiger partial charge in [-0.05, 0) is 36.7 Å². The number of H-pyrrole nitrogens is 1. The van der Waals surface area contributed by atoms with Gasteiger partial charge in [-0.15, -0.1) is 0 Å². The maximum absolute atomic E-state index is 11.4. The summed E-state index contributed by atoms with van der Waals surface area (Å²) in [6.45, 7) is 2.82. The Hall–Kier alpha value is -2.01. The minimum atomic E-state index is -0.846. The molecule has 0 aliphatic rings. The first kappa shape index (κ1) is 15.4. The molecule has 0 aliphatic carbocycles. The summed E-state index contributed by atoms with van der Waals surface area (Å²) in [5.41, 5.74) is 1.80. The smallest absolute Gasteiger partial charge is 0.321 e. The summed E-state index contributed by atoms with van der Waals surface area (Å²) in [4.78, 5) is 14.5. The number of hydrogen-bond acceptors (Lipinski definition) is 3. The molecule has 1 aromatic carbocycles. The zero-order chi connectivity index (χ0) is 15.2. The van der Waals surface area contributed by atoms with E-state index in [9.17, 15) is 15.0 Å². The molecule has 5 heteroatoms. The second kappa shape index (κ2) is 7.13. The number of aromatic hydroxyl groups is 1. The number of benzene rings is 1. The lowest BCUT2D eigenvalue weighted by atomic mass is 10.0. The molecule has 1 aromatic heterocycles. The number of phenols is 1. The Bertz CT molecular complexity index is 607. The van der Waals surface area contributed by atoms with Crippen molar-refractivity contribution >= 4 is 16.9 Å². The summed E-state index contributed by atoms with van der Waals surface area (Å²) in [6.07, 6.45) is 5.40. The van der Waals surface area contributed by atoms with Gasteiger partial charge in [0.1, 0.15) is 11.8 Å². The number of carboxylic acids is 1. The predicted molar refractivity (Wildman–Crippen MR) is 82.6 cm³/mol. The fraction of sp³-hybridized carbons (Fsp3) is 0.438. The first-order chi connectivity index (χ1) is 10.1. The van der Waals surface area contributed by atoms with E-state index in [-0.39, 0.29) is 5.75 Å². The third kappa shape index (κ3) is 3.98. The summed E-state index contributed by atoms with van der Waals surface area (Å²) in [5.74, 6) is -0.660. The van der Waals surface area contributed by atoms with E-state index in [1.807, 2.05) is 6.20 Å². The number of hydrogen-bond donors (Lipinski definition) is 4. The molecule has 1 atom stereocenters. The average molecular weight is 290 g/mol. The van der Waals surface area contributed by atoms with Crippen molar-refractivity contribution in [2.75, 3.05) is 6.54 Å². The SMILES string of the molecule is CCCCCN[C@@H](Cc1c[nH]c2ccc(O)cc12)C(=O)O. The van der Waals surface area contributed by atoms with Gasteiger partial charge in [0.2, 0.25) is 0 Å². The molecule has 4 N–H and O–H groups in total. The summed E-state index contributed by atoms with van der Waals surface area (Å²) in [6, 6.07) is 4.46. The van der Waals surface area contributed by atoms with E-state index in [4.69, 9.17) is 0 Å². The number of aromatic amines is 1. The van der Waals surface area contributed by atoms with Gasteiger partial charge in [-0.1, -0.05) is 19.8 Å². The summed E-state index contributed by atoms with van der Waals surface area (Å²) in [5, 5.41) is 22.9. The van der Waals surface area contributed by atoms with Crippen molar-refractivity contribution in [2.45, 2.75) is 38.6 Å². The highest BCUT2D eigenvalue weighted by molar-refractivity contribution is 5.85. The lowest BCUT2D eigenvalue weighted by Gasteiger charge is -2.14. The molecule has 0 saturated carbocycles. The number of nitrogens with one attached hydrogen (secondary N) is 2. The molecule has 0 aliphatic heterocycles. The number of aromatic nitrogens is 1. The molecule has 5 nitrogen and oxygen atoms in total. The van der Waals surface area contributed by atoms with E-state index in [0.29, 0.717) is 13.0 Å². The van der Waals surface area contributed by atoms with E-state index in [1.54, 1.807) is 18.2 Å². The minimum Gasteiger partial charge on any atom is -0.508 e. The fourth-order valence-corrected chi connectivity index (χ4v) is 2.45. The number of aliphatic carboxylic acids is 1. The van der Waals surface area contributed by atoms with Crippen LogP contribution in [-0.4, -0.2) is 33.8 Å². The predicted octanol–water partition coefficient (Wildman–Crippen LogP) is 2.65. The Morgan fingerprint density at radius 1 is 1.38 bits per heavy atom. The Morgan fingerprint density at radius 2 is 2.19 bits per heavy atom. The molecular formula is C16H22N2O3. The molecule has 0 unspecified atom stereocenters. The van der Waals surface area contributed by atoms with Gasteiger partial charge >= 0.3 is 5.97 Å². The number of unbranched alkanes of at least 4 members (excludes halogenated alkanes) is 2. The second-order valence-corrected chi connectivity index (χ2v) is 5.30. The number of carboxylic acid groups (broad SMARTS) is 1. The van der Waals surface area contributed by atoms with Crippen molar-refractivity contribution in [2.24, 2.45) is 0 Å². The zero-order valence-corrected chi connectivity index (χ0v) is 12.2. The van der Waals surface area contributed by atoms with Crippen molar-refractivity contribution in [1.82, 2.24) is 10.3 Å². The molecule has 0 spiro atoms. The van der Waals surface area contributed by atoms with E-state index in [0.717, 1.165) is 35.7 Å². The molecule has 0 radical (unpaired) electrons. The Labute approximate surface area is 124 Å². The maximum atomic E-state index is 11.4. The van der Waals surface area contributed by atoms with Gasteiger partial charge in [0, 0.05) is 23.5 Å². The molecular weight excluding hydrogens is 268 g/mol. The zero-order valence-electron chi connectivity index (χ0n) is 12.2. The van der Waals surface area contributed by atoms with Gasteiger partial charge in [-0.3, -0.25) is 4.79 Å². The van der Waals surface area contributed by atoms with Crippen molar-refractivity contribution in [1.29, 1.82) is 0 Å². The first-order valence-corrected chi connectivity index (χ1v) is 7.37. The third-order valence-electron chi connectivity index (χ3n) is 3.64. The molecule has 2 rings (SSSR count). The lowest BCUT2D eigenvalue weighted by molar-refractivity contribution is -0.139. The van der Waals surface area contributed by atoms with E-state index in [2.05, 4.69) is 17.2 Å². The van der Waals surface area contributed by atoms with Crippen LogP contribution in [0.4, 0.5) is 0 Å². The van der Waals surface area contributed by atoms with E-state index >= 15 is 0 Å². The molecule has 2 aromatic rings. The van der Waals surface area contributed by atoms with E-state index < -0.39 is 12.0 Å². The number of rotatable bonds is 8. The Kier molecular flexibility index (Phi) is 5.22. The highest BCUT2D eigenvalue weighted by Gasteiger charge is 2.19. The molecule has 114 valence electrons. The fourth-order valence-electron chi connectivity index (χ4n) is 2.45. The van der Waals surface area contributed by atoms with E-state index in [1.165, 1.54) is 0 Å². The normalized spacial score (nSPS) is 12.6. The maximum Gasteiger partial charge on any atom is 0.321 e. The van der Waals surface area contributed by atoms with Gasteiger partial charge in [-0.2, -0.15) is 0 Å². The molecule has 0 saturated heterocycles. The molecule has 0 bridgehead atoms. The first-order valence-electron chi connectivity index (χ1n) is 7.37. The summed E-state index contributed by atoms with van der Waals surface area (Å²) < 4.78 is 0. The number of phenolic OH excluding ortho intramolecular Hbond substituents is 1. The van der Waals surface area contributed by atoms with Crippen LogP contribution < -0.4 is 5.32 Å². The van der Waals surface area contributed by atoms with Crippen molar-refractivity contribution in [3.63, 3.8) is 0 Å².